The molecule has 0 spiro atoms. The zero-order valence-electron chi connectivity index (χ0n) is 10.3. The van der Waals surface area contributed by atoms with Crippen LogP contribution in [0, 0.1) is 0 Å². The minimum absolute atomic E-state index is 0.0535. The lowest BCUT2D eigenvalue weighted by Crippen LogP contribution is -2.15. The maximum absolute atomic E-state index is 11.1. The number of aromatic carboxylic acids is 2. The van der Waals surface area contributed by atoms with Gasteiger partial charge in [0.1, 0.15) is 0 Å². The van der Waals surface area contributed by atoms with Crippen LogP contribution >= 0.6 is 0 Å². The molecule has 0 bridgehead atoms. The summed E-state index contributed by atoms with van der Waals surface area (Å²) in [6.45, 7) is 3.30. The fraction of sp³-hybridized carbons (Fsp3) is 0.385. The Morgan fingerprint density at radius 2 is 1.56 bits per heavy atom. The first-order chi connectivity index (χ1) is 8.38. The first kappa shape index (κ1) is 14.2. The van der Waals surface area contributed by atoms with Crippen LogP contribution in [0.3, 0.4) is 0 Å². The summed E-state index contributed by atoms with van der Waals surface area (Å²) in [4.78, 5) is 22.2. The molecule has 0 aliphatic rings. The second-order valence-corrected chi connectivity index (χ2v) is 4.13. The molecule has 3 N–H and O–H groups in total. The molecule has 5 nitrogen and oxygen atoms in total. The van der Waals surface area contributed by atoms with Crippen molar-refractivity contribution in [2.45, 2.75) is 32.8 Å². The van der Waals surface area contributed by atoms with E-state index in [0.29, 0.717) is 17.5 Å². The van der Waals surface area contributed by atoms with Crippen molar-refractivity contribution in [2.75, 3.05) is 0 Å². The number of carboxylic acid groups (broad SMARTS) is 2. The van der Waals surface area contributed by atoms with Gasteiger partial charge in [-0.1, -0.05) is 6.92 Å². The van der Waals surface area contributed by atoms with Crippen LogP contribution in [0.4, 0.5) is 0 Å². The third-order valence-corrected chi connectivity index (χ3v) is 2.75. The maximum atomic E-state index is 11.1. The lowest BCUT2D eigenvalue weighted by Gasteiger charge is -2.15. The van der Waals surface area contributed by atoms with Gasteiger partial charge in [-0.3, -0.25) is 0 Å². The third-order valence-electron chi connectivity index (χ3n) is 2.75. The monoisotopic (exact) mass is 252 g/mol. The van der Waals surface area contributed by atoms with Gasteiger partial charge in [-0.15, -0.1) is 0 Å². The molecule has 0 amide bonds. The second-order valence-electron chi connectivity index (χ2n) is 4.13. The number of hydrogen-bond donors (Lipinski definition) is 3. The van der Waals surface area contributed by atoms with E-state index in [1.54, 1.807) is 13.8 Å². The lowest BCUT2D eigenvalue weighted by atomic mass is 9.91. The zero-order valence-corrected chi connectivity index (χ0v) is 10.3. The highest BCUT2D eigenvalue weighted by Crippen LogP contribution is 2.22. The minimum atomic E-state index is -1.11. The van der Waals surface area contributed by atoms with Gasteiger partial charge in [-0.2, -0.15) is 0 Å². The second kappa shape index (κ2) is 5.64. The van der Waals surface area contributed by atoms with Gasteiger partial charge in [0.25, 0.3) is 0 Å². The Balaban J connectivity index is 3.50. The van der Waals surface area contributed by atoms with E-state index < -0.39 is 18.0 Å². The van der Waals surface area contributed by atoms with E-state index in [1.807, 2.05) is 0 Å². The van der Waals surface area contributed by atoms with Gasteiger partial charge >= 0.3 is 11.9 Å². The van der Waals surface area contributed by atoms with Gasteiger partial charge < -0.3 is 15.3 Å². The molecule has 0 aromatic heterocycles. The van der Waals surface area contributed by atoms with Crippen molar-refractivity contribution in [1.82, 2.24) is 0 Å². The first-order valence-electron chi connectivity index (χ1n) is 5.67. The Morgan fingerprint density at radius 1 is 1.11 bits per heavy atom. The number of aliphatic hydroxyl groups is 1. The van der Waals surface area contributed by atoms with E-state index in [1.165, 1.54) is 12.1 Å². The fourth-order valence-electron chi connectivity index (χ4n) is 2.03. The molecular weight excluding hydrogens is 236 g/mol. The number of carbonyl (C=O) groups is 2. The van der Waals surface area contributed by atoms with Crippen molar-refractivity contribution < 1.29 is 24.9 Å². The minimum Gasteiger partial charge on any atom is -0.478 e. The van der Waals surface area contributed by atoms with E-state index in [2.05, 4.69) is 0 Å². The summed E-state index contributed by atoms with van der Waals surface area (Å²) < 4.78 is 0. The van der Waals surface area contributed by atoms with Gasteiger partial charge in [-0.05, 0) is 43.0 Å². The van der Waals surface area contributed by atoms with Crippen LogP contribution in [-0.2, 0) is 12.8 Å². The van der Waals surface area contributed by atoms with Crippen LogP contribution in [0.5, 0.6) is 0 Å². The SMILES string of the molecule is CCc1c(C(=O)O)ccc(C(=O)O)c1CC(C)O. The summed E-state index contributed by atoms with van der Waals surface area (Å²) >= 11 is 0. The molecule has 0 radical (unpaired) electrons. The molecule has 98 valence electrons. The number of carboxylic acids is 2. The molecule has 18 heavy (non-hydrogen) atoms. The Bertz CT molecular complexity index is 477. The largest absolute Gasteiger partial charge is 0.478 e. The van der Waals surface area contributed by atoms with Crippen molar-refractivity contribution in [3.05, 3.63) is 34.4 Å². The van der Waals surface area contributed by atoms with Crippen LogP contribution in [0.2, 0.25) is 0 Å². The molecule has 0 aliphatic heterocycles. The number of hydrogen-bond acceptors (Lipinski definition) is 3. The highest BCUT2D eigenvalue weighted by Gasteiger charge is 2.20. The molecule has 0 saturated heterocycles. The van der Waals surface area contributed by atoms with Gasteiger partial charge in [0.15, 0.2) is 0 Å². The highest BCUT2D eigenvalue weighted by molar-refractivity contribution is 5.95. The van der Waals surface area contributed by atoms with Gasteiger partial charge in [0.2, 0.25) is 0 Å². The van der Waals surface area contributed by atoms with E-state index in [4.69, 9.17) is 10.2 Å². The van der Waals surface area contributed by atoms with Gasteiger partial charge in [0.05, 0.1) is 17.2 Å². The topological polar surface area (TPSA) is 94.8 Å². The predicted molar refractivity (Wildman–Crippen MR) is 65.1 cm³/mol. The highest BCUT2D eigenvalue weighted by atomic mass is 16.4. The summed E-state index contributed by atoms with van der Waals surface area (Å²) in [6, 6.07) is 2.58. The Labute approximate surface area is 105 Å². The molecule has 1 rings (SSSR count). The number of rotatable bonds is 5. The first-order valence-corrected chi connectivity index (χ1v) is 5.67. The van der Waals surface area contributed by atoms with Crippen LogP contribution in [-0.4, -0.2) is 33.4 Å². The van der Waals surface area contributed by atoms with Crippen LogP contribution in [0.25, 0.3) is 0 Å². The normalized spacial score (nSPS) is 12.2. The molecule has 0 aliphatic carbocycles. The average molecular weight is 252 g/mol. The Morgan fingerprint density at radius 3 is 1.89 bits per heavy atom. The van der Waals surface area contributed by atoms with Crippen LogP contribution in [0.1, 0.15) is 45.7 Å². The van der Waals surface area contributed by atoms with Crippen molar-refractivity contribution in [1.29, 1.82) is 0 Å². The average Bonchev–Trinajstić information content (AvgIpc) is 2.26. The van der Waals surface area contributed by atoms with Crippen molar-refractivity contribution in [3.63, 3.8) is 0 Å². The number of benzene rings is 1. The van der Waals surface area contributed by atoms with Crippen LogP contribution in [0.15, 0.2) is 12.1 Å². The summed E-state index contributed by atoms with van der Waals surface area (Å²) in [6.07, 6.45) is -0.186. The fourth-order valence-corrected chi connectivity index (χ4v) is 2.03. The molecule has 1 unspecified atom stereocenters. The van der Waals surface area contributed by atoms with Crippen molar-refractivity contribution >= 4 is 11.9 Å². The molecule has 0 saturated carbocycles. The molecule has 0 heterocycles. The summed E-state index contributed by atoms with van der Waals surface area (Å²) in [5, 5.41) is 27.6. The standard InChI is InChI=1S/C13H16O5/c1-3-8-9(12(15)16)4-5-10(13(17)18)11(8)6-7(2)14/h4-5,7,14H,3,6H2,1-2H3,(H,15,16)(H,17,18). The van der Waals surface area contributed by atoms with E-state index >= 15 is 0 Å². The van der Waals surface area contributed by atoms with Crippen molar-refractivity contribution in [3.8, 4) is 0 Å². The summed E-state index contributed by atoms with van der Waals surface area (Å²) in [7, 11) is 0. The quantitative estimate of drug-likeness (QED) is 0.739. The van der Waals surface area contributed by atoms with Gasteiger partial charge in [0, 0.05) is 0 Å². The molecular formula is C13H16O5. The van der Waals surface area contributed by atoms with Crippen molar-refractivity contribution in [2.24, 2.45) is 0 Å². The third kappa shape index (κ3) is 2.87. The predicted octanol–water partition coefficient (Wildman–Crippen LogP) is 1.57. The van der Waals surface area contributed by atoms with Gasteiger partial charge in [-0.25, -0.2) is 9.59 Å². The molecule has 5 heteroatoms. The van der Waals surface area contributed by atoms with Crippen LogP contribution < -0.4 is 0 Å². The Hall–Kier alpha value is -1.88. The maximum Gasteiger partial charge on any atom is 0.335 e. The number of aliphatic hydroxyl groups excluding tert-OH is 1. The van der Waals surface area contributed by atoms with E-state index in [-0.39, 0.29) is 17.5 Å². The summed E-state index contributed by atoms with van der Waals surface area (Å²) in [5.74, 6) is -2.20. The van der Waals surface area contributed by atoms with E-state index in [9.17, 15) is 14.7 Å². The lowest BCUT2D eigenvalue weighted by molar-refractivity contribution is 0.0678. The smallest absolute Gasteiger partial charge is 0.335 e. The molecule has 1 aromatic carbocycles. The summed E-state index contributed by atoms with van der Waals surface area (Å²) in [5.41, 5.74) is 1.03. The molecule has 1 aromatic rings. The molecule has 1 atom stereocenters. The zero-order chi connectivity index (χ0) is 13.9. The molecule has 0 fully saturated rings. The van der Waals surface area contributed by atoms with E-state index in [0.717, 1.165) is 0 Å². The Kier molecular flexibility index (Phi) is 4.44.